The SMILES string of the molecule is CCNC(=NCc1cn2c(C)cccc2n1)NC1CCCN(c2ccccc2C#N)C1.I. The molecule has 2 aromatic heterocycles. The van der Waals surface area contributed by atoms with E-state index in [2.05, 4.69) is 57.1 Å². The van der Waals surface area contributed by atoms with Gasteiger partial charge in [0, 0.05) is 37.6 Å². The molecule has 0 aliphatic carbocycles. The smallest absolute Gasteiger partial charge is 0.191 e. The van der Waals surface area contributed by atoms with Gasteiger partial charge in [0.05, 0.1) is 23.5 Å². The van der Waals surface area contributed by atoms with Gasteiger partial charge in [0.2, 0.25) is 0 Å². The number of nitrogens with one attached hydrogen (secondary N) is 2. The minimum Gasteiger partial charge on any atom is -0.368 e. The van der Waals surface area contributed by atoms with Crippen molar-refractivity contribution in [2.45, 2.75) is 39.3 Å². The summed E-state index contributed by atoms with van der Waals surface area (Å²) in [6, 6.07) is 16.5. The van der Waals surface area contributed by atoms with Crippen LogP contribution in [0.15, 0.2) is 53.7 Å². The van der Waals surface area contributed by atoms with Crippen LogP contribution in [0.1, 0.15) is 36.7 Å². The van der Waals surface area contributed by atoms with E-state index in [4.69, 9.17) is 4.99 Å². The van der Waals surface area contributed by atoms with E-state index in [0.29, 0.717) is 6.54 Å². The van der Waals surface area contributed by atoms with E-state index in [9.17, 15) is 5.26 Å². The zero-order valence-corrected chi connectivity index (χ0v) is 20.9. The number of nitriles is 1. The van der Waals surface area contributed by atoms with Crippen molar-refractivity contribution in [1.82, 2.24) is 20.0 Å². The lowest BCUT2D eigenvalue weighted by Crippen LogP contribution is -2.51. The first-order valence-corrected chi connectivity index (χ1v) is 10.9. The van der Waals surface area contributed by atoms with E-state index in [1.54, 1.807) is 0 Å². The van der Waals surface area contributed by atoms with E-state index >= 15 is 0 Å². The summed E-state index contributed by atoms with van der Waals surface area (Å²) in [6.45, 7) is 7.27. The number of nitrogens with zero attached hydrogens (tertiary/aromatic N) is 5. The molecule has 32 heavy (non-hydrogen) atoms. The Balaban J connectivity index is 0.00000289. The molecule has 3 aromatic rings. The first-order chi connectivity index (χ1) is 15.2. The quantitative estimate of drug-likeness (QED) is 0.290. The van der Waals surface area contributed by atoms with Gasteiger partial charge in [0.1, 0.15) is 11.7 Å². The van der Waals surface area contributed by atoms with Crippen molar-refractivity contribution in [3.8, 4) is 6.07 Å². The van der Waals surface area contributed by atoms with Gasteiger partial charge in [-0.05, 0) is 51.0 Å². The number of anilines is 1. The van der Waals surface area contributed by atoms with Crippen LogP contribution in [0.2, 0.25) is 0 Å². The number of aliphatic imine (C=N–C) groups is 1. The highest BCUT2D eigenvalue weighted by Gasteiger charge is 2.22. The van der Waals surface area contributed by atoms with E-state index in [1.165, 1.54) is 0 Å². The number of rotatable bonds is 5. The number of imidazole rings is 1. The van der Waals surface area contributed by atoms with Gasteiger partial charge in [-0.2, -0.15) is 5.26 Å². The molecule has 1 unspecified atom stereocenters. The van der Waals surface area contributed by atoms with Crippen molar-refractivity contribution in [2.75, 3.05) is 24.5 Å². The molecule has 8 heteroatoms. The van der Waals surface area contributed by atoms with Crippen LogP contribution in [0.5, 0.6) is 0 Å². The number of hydrogen-bond donors (Lipinski definition) is 2. The van der Waals surface area contributed by atoms with Crippen LogP contribution in [0.4, 0.5) is 5.69 Å². The lowest BCUT2D eigenvalue weighted by molar-refractivity contribution is 0.468. The normalized spacial score (nSPS) is 16.3. The van der Waals surface area contributed by atoms with Crippen molar-refractivity contribution in [3.63, 3.8) is 0 Å². The van der Waals surface area contributed by atoms with Crippen LogP contribution in [-0.4, -0.2) is 41.0 Å². The van der Waals surface area contributed by atoms with E-state index in [1.807, 2.05) is 36.4 Å². The molecular weight excluding hydrogens is 513 g/mol. The average molecular weight is 543 g/mol. The van der Waals surface area contributed by atoms with Crippen molar-refractivity contribution >= 4 is 41.3 Å². The van der Waals surface area contributed by atoms with Gasteiger partial charge in [-0.15, -0.1) is 24.0 Å². The van der Waals surface area contributed by atoms with Crippen LogP contribution < -0.4 is 15.5 Å². The average Bonchev–Trinajstić information content (AvgIpc) is 3.22. The first-order valence-electron chi connectivity index (χ1n) is 10.9. The maximum Gasteiger partial charge on any atom is 0.191 e. The highest BCUT2D eigenvalue weighted by molar-refractivity contribution is 14.0. The van der Waals surface area contributed by atoms with Gasteiger partial charge in [0.25, 0.3) is 0 Å². The Labute approximate surface area is 206 Å². The van der Waals surface area contributed by atoms with Crippen molar-refractivity contribution < 1.29 is 0 Å². The molecule has 1 aliphatic heterocycles. The second-order valence-electron chi connectivity index (χ2n) is 7.88. The molecule has 7 nitrogen and oxygen atoms in total. The third-order valence-electron chi connectivity index (χ3n) is 5.62. The molecule has 1 atom stereocenters. The van der Waals surface area contributed by atoms with Gasteiger partial charge in [0.15, 0.2) is 5.96 Å². The van der Waals surface area contributed by atoms with Gasteiger partial charge in [-0.3, -0.25) is 0 Å². The maximum atomic E-state index is 9.45. The van der Waals surface area contributed by atoms with Gasteiger partial charge in [-0.25, -0.2) is 9.98 Å². The topological polar surface area (TPSA) is 80.8 Å². The van der Waals surface area contributed by atoms with Crippen LogP contribution in [0, 0.1) is 18.3 Å². The van der Waals surface area contributed by atoms with Crippen LogP contribution >= 0.6 is 24.0 Å². The molecule has 3 heterocycles. The third kappa shape index (κ3) is 5.51. The second kappa shape index (κ2) is 11.2. The highest BCUT2D eigenvalue weighted by atomic mass is 127. The standard InChI is InChI=1S/C24H29N7.HI/c1-3-26-24(27-15-21-17-31-18(2)8-6-12-23(31)28-21)29-20-10-7-13-30(16-20)22-11-5-4-9-19(22)14-25;/h4-6,8-9,11-12,17,20H,3,7,10,13,15-16H2,1-2H3,(H2,26,27,29);1H. The van der Waals surface area contributed by atoms with Crippen molar-refractivity contribution in [1.29, 1.82) is 5.26 Å². The Morgan fingerprint density at radius 1 is 1.25 bits per heavy atom. The van der Waals surface area contributed by atoms with Crippen LogP contribution in [0.25, 0.3) is 5.65 Å². The zero-order chi connectivity index (χ0) is 21.6. The zero-order valence-electron chi connectivity index (χ0n) is 18.6. The van der Waals surface area contributed by atoms with Gasteiger partial charge >= 0.3 is 0 Å². The largest absolute Gasteiger partial charge is 0.368 e. The van der Waals surface area contributed by atoms with E-state index in [-0.39, 0.29) is 30.0 Å². The summed E-state index contributed by atoms with van der Waals surface area (Å²) in [5, 5.41) is 16.4. The Hall–Kier alpha value is -2.80. The number of halogens is 1. The Morgan fingerprint density at radius 2 is 2.09 bits per heavy atom. The first kappa shape index (κ1) is 23.9. The number of hydrogen-bond acceptors (Lipinski definition) is 4. The third-order valence-corrected chi connectivity index (χ3v) is 5.62. The molecule has 0 bridgehead atoms. The predicted octanol–water partition coefficient (Wildman–Crippen LogP) is 3.86. The molecule has 2 N–H and O–H groups in total. The predicted molar refractivity (Wildman–Crippen MR) is 140 cm³/mol. The Morgan fingerprint density at radius 3 is 2.88 bits per heavy atom. The molecule has 1 aliphatic rings. The number of piperidine rings is 1. The molecular formula is C24H30IN7. The fourth-order valence-electron chi connectivity index (χ4n) is 4.11. The highest BCUT2D eigenvalue weighted by Crippen LogP contribution is 2.23. The summed E-state index contributed by atoms with van der Waals surface area (Å²) in [5.41, 5.74) is 4.79. The summed E-state index contributed by atoms with van der Waals surface area (Å²) in [6.07, 6.45) is 4.20. The van der Waals surface area contributed by atoms with Gasteiger partial charge in [-0.1, -0.05) is 18.2 Å². The summed E-state index contributed by atoms with van der Waals surface area (Å²) in [4.78, 5) is 11.8. The van der Waals surface area contributed by atoms with Crippen LogP contribution in [-0.2, 0) is 6.54 Å². The Kier molecular flexibility index (Phi) is 8.33. The molecule has 4 rings (SSSR count). The number of aryl methyl sites for hydroxylation is 1. The molecule has 0 radical (unpaired) electrons. The molecule has 1 aromatic carbocycles. The number of fused-ring (bicyclic) bond motifs is 1. The fourth-order valence-corrected chi connectivity index (χ4v) is 4.11. The lowest BCUT2D eigenvalue weighted by Gasteiger charge is -2.35. The molecule has 1 fully saturated rings. The fraction of sp³-hybridized carbons (Fsp3) is 0.375. The number of guanidine groups is 1. The van der Waals surface area contributed by atoms with Crippen molar-refractivity contribution in [2.24, 2.45) is 4.99 Å². The number of aromatic nitrogens is 2. The minimum atomic E-state index is 0. The molecule has 0 spiro atoms. The number of benzene rings is 1. The van der Waals surface area contributed by atoms with Crippen molar-refractivity contribution in [3.05, 3.63) is 65.6 Å². The Bertz CT molecular complexity index is 1110. The molecule has 1 saturated heterocycles. The molecule has 0 amide bonds. The van der Waals surface area contributed by atoms with Gasteiger partial charge < -0.3 is 19.9 Å². The molecule has 0 saturated carbocycles. The second-order valence-corrected chi connectivity index (χ2v) is 7.88. The van der Waals surface area contributed by atoms with E-state index in [0.717, 1.165) is 66.7 Å². The van der Waals surface area contributed by atoms with E-state index < -0.39 is 0 Å². The summed E-state index contributed by atoms with van der Waals surface area (Å²) in [5.74, 6) is 0.802. The summed E-state index contributed by atoms with van der Waals surface area (Å²) < 4.78 is 2.09. The summed E-state index contributed by atoms with van der Waals surface area (Å²) >= 11 is 0. The monoisotopic (exact) mass is 543 g/mol. The summed E-state index contributed by atoms with van der Waals surface area (Å²) in [7, 11) is 0. The maximum absolute atomic E-state index is 9.45. The minimum absolute atomic E-state index is 0. The van der Waals surface area contributed by atoms with Crippen LogP contribution in [0.3, 0.4) is 0 Å². The lowest BCUT2D eigenvalue weighted by atomic mass is 10.0. The number of pyridine rings is 1. The molecule has 168 valence electrons. The number of para-hydroxylation sites is 1.